The van der Waals surface area contributed by atoms with Crippen LogP contribution in [0, 0.1) is 17.1 Å². The van der Waals surface area contributed by atoms with Crippen LogP contribution >= 0.6 is 23.4 Å². The van der Waals surface area contributed by atoms with Gasteiger partial charge < -0.3 is 14.7 Å². The number of rotatable bonds is 9. The molecule has 202 valence electrons. The van der Waals surface area contributed by atoms with Gasteiger partial charge in [0.05, 0.1) is 18.2 Å². The van der Waals surface area contributed by atoms with E-state index in [1.807, 2.05) is 17.9 Å². The molecule has 2 amide bonds. The predicted molar refractivity (Wildman–Crippen MR) is 147 cm³/mol. The Kier molecular flexibility index (Phi) is 9.68. The lowest BCUT2D eigenvalue weighted by molar-refractivity contribution is -0.128. The number of hydrogen-bond donors (Lipinski definition) is 0. The predicted octanol–water partition coefficient (Wildman–Crippen LogP) is 4.05. The molecule has 0 saturated carbocycles. The average Bonchev–Trinajstić information content (AvgIpc) is 2.94. The van der Waals surface area contributed by atoms with E-state index in [1.54, 1.807) is 40.4 Å². The second-order valence-corrected chi connectivity index (χ2v) is 10.3. The second kappa shape index (κ2) is 13.4. The summed E-state index contributed by atoms with van der Waals surface area (Å²) in [7, 11) is 0. The van der Waals surface area contributed by atoms with Gasteiger partial charge in [-0.15, -0.1) is 0 Å². The molecule has 12 heteroatoms. The van der Waals surface area contributed by atoms with Gasteiger partial charge in [0, 0.05) is 62.8 Å². The van der Waals surface area contributed by atoms with Crippen LogP contribution in [-0.2, 0) is 11.3 Å². The van der Waals surface area contributed by atoms with Crippen LogP contribution in [0.4, 0.5) is 10.2 Å². The number of thioether (sulfide) groups is 1. The van der Waals surface area contributed by atoms with Gasteiger partial charge in [-0.3, -0.25) is 14.6 Å². The van der Waals surface area contributed by atoms with Crippen molar-refractivity contribution >= 4 is 41.0 Å². The zero-order valence-corrected chi connectivity index (χ0v) is 22.9. The first-order valence-corrected chi connectivity index (χ1v) is 13.7. The number of nitriles is 1. The highest BCUT2D eigenvalue weighted by Gasteiger charge is 2.29. The highest BCUT2D eigenvalue weighted by Crippen LogP contribution is 2.25. The van der Waals surface area contributed by atoms with Gasteiger partial charge in [0.1, 0.15) is 16.8 Å². The number of piperazine rings is 1. The molecule has 1 fully saturated rings. The first-order chi connectivity index (χ1) is 18.8. The average molecular weight is 568 g/mol. The van der Waals surface area contributed by atoms with E-state index in [4.69, 9.17) is 16.9 Å². The lowest BCUT2D eigenvalue weighted by atomic mass is 10.1. The molecule has 1 aliphatic rings. The number of amides is 2. The van der Waals surface area contributed by atoms with Gasteiger partial charge in [0.15, 0.2) is 5.16 Å². The molecular formula is C27H27ClFN7O2S. The summed E-state index contributed by atoms with van der Waals surface area (Å²) in [5.41, 5.74) is 1.19. The smallest absolute Gasteiger partial charge is 0.254 e. The molecular weight excluding hydrogens is 541 g/mol. The molecule has 1 saturated heterocycles. The van der Waals surface area contributed by atoms with Crippen molar-refractivity contribution in [2.45, 2.75) is 31.1 Å². The Morgan fingerprint density at radius 3 is 2.79 bits per heavy atom. The van der Waals surface area contributed by atoms with E-state index in [0.29, 0.717) is 49.3 Å². The van der Waals surface area contributed by atoms with Crippen molar-refractivity contribution in [2.75, 3.05) is 36.8 Å². The van der Waals surface area contributed by atoms with E-state index in [-0.39, 0.29) is 35.2 Å². The van der Waals surface area contributed by atoms with Crippen LogP contribution in [0.25, 0.3) is 0 Å². The number of carbonyl (C=O) groups is 2. The van der Waals surface area contributed by atoms with Crippen molar-refractivity contribution in [2.24, 2.45) is 0 Å². The number of carbonyl (C=O) groups excluding carboxylic acids is 2. The van der Waals surface area contributed by atoms with Gasteiger partial charge in [-0.05, 0) is 36.8 Å². The largest absolute Gasteiger partial charge is 0.353 e. The van der Waals surface area contributed by atoms with E-state index >= 15 is 0 Å². The first kappa shape index (κ1) is 28.3. The van der Waals surface area contributed by atoms with Crippen LogP contribution in [0.3, 0.4) is 0 Å². The van der Waals surface area contributed by atoms with Crippen molar-refractivity contribution in [3.63, 3.8) is 0 Å². The van der Waals surface area contributed by atoms with Crippen molar-refractivity contribution in [1.29, 1.82) is 5.26 Å². The summed E-state index contributed by atoms with van der Waals surface area (Å²) >= 11 is 7.48. The minimum absolute atomic E-state index is 0.0811. The lowest BCUT2D eigenvalue weighted by Gasteiger charge is -2.40. The molecule has 2 aromatic heterocycles. The van der Waals surface area contributed by atoms with Crippen LogP contribution in [0.1, 0.15) is 29.3 Å². The molecule has 1 atom stereocenters. The monoisotopic (exact) mass is 567 g/mol. The fraction of sp³-hybridized carbons (Fsp3) is 0.333. The Balaban J connectivity index is 1.39. The van der Waals surface area contributed by atoms with Gasteiger partial charge in [-0.2, -0.15) is 5.26 Å². The zero-order valence-electron chi connectivity index (χ0n) is 21.3. The van der Waals surface area contributed by atoms with Gasteiger partial charge in [0.2, 0.25) is 5.91 Å². The summed E-state index contributed by atoms with van der Waals surface area (Å²) in [5.74, 6) is -0.132. The quantitative estimate of drug-likeness (QED) is 0.217. The second-order valence-electron chi connectivity index (χ2n) is 9.01. The molecule has 3 aromatic rings. The van der Waals surface area contributed by atoms with Gasteiger partial charge in [-0.25, -0.2) is 14.4 Å². The number of anilines is 1. The molecule has 0 bridgehead atoms. The third kappa shape index (κ3) is 7.65. The van der Waals surface area contributed by atoms with Crippen molar-refractivity contribution < 1.29 is 14.0 Å². The number of benzene rings is 1. The maximum absolute atomic E-state index is 13.6. The molecule has 1 unspecified atom stereocenters. The van der Waals surface area contributed by atoms with Gasteiger partial charge in [0.25, 0.3) is 5.91 Å². The Hall–Kier alpha value is -3.75. The molecule has 9 nitrogen and oxygen atoms in total. The summed E-state index contributed by atoms with van der Waals surface area (Å²) in [6.45, 7) is 4.04. The maximum Gasteiger partial charge on any atom is 0.254 e. The van der Waals surface area contributed by atoms with E-state index in [1.165, 1.54) is 30.0 Å². The van der Waals surface area contributed by atoms with Gasteiger partial charge >= 0.3 is 0 Å². The van der Waals surface area contributed by atoms with E-state index < -0.39 is 5.82 Å². The van der Waals surface area contributed by atoms with Crippen LogP contribution < -0.4 is 4.90 Å². The summed E-state index contributed by atoms with van der Waals surface area (Å²) in [6, 6.07) is 13.0. The number of halogens is 2. The molecule has 0 radical (unpaired) electrons. The normalized spacial score (nSPS) is 15.1. The molecule has 3 heterocycles. The van der Waals surface area contributed by atoms with Gasteiger partial charge in [-0.1, -0.05) is 35.5 Å². The molecule has 4 rings (SSSR count). The van der Waals surface area contributed by atoms with Crippen LogP contribution in [-0.4, -0.2) is 74.5 Å². The molecule has 1 aliphatic heterocycles. The topological polar surface area (TPSA) is 106 Å². The molecule has 0 aliphatic carbocycles. The highest BCUT2D eigenvalue weighted by atomic mass is 35.5. The summed E-state index contributed by atoms with van der Waals surface area (Å²) in [6.07, 6.45) is 3.58. The molecule has 0 N–H and O–H groups in total. The fourth-order valence-corrected chi connectivity index (χ4v) is 5.26. The summed E-state index contributed by atoms with van der Waals surface area (Å²) in [5, 5.41) is 9.62. The lowest BCUT2D eigenvalue weighted by Crippen LogP contribution is -2.54. The van der Waals surface area contributed by atoms with Crippen LogP contribution in [0.2, 0.25) is 5.15 Å². The van der Waals surface area contributed by atoms with E-state index in [2.05, 4.69) is 21.0 Å². The third-order valence-corrected chi connectivity index (χ3v) is 7.24. The maximum atomic E-state index is 13.6. The molecule has 39 heavy (non-hydrogen) atoms. The van der Waals surface area contributed by atoms with E-state index in [0.717, 1.165) is 5.56 Å². The first-order valence-electron chi connectivity index (χ1n) is 12.4. The van der Waals surface area contributed by atoms with Crippen LogP contribution in [0.15, 0.2) is 60.0 Å². The minimum Gasteiger partial charge on any atom is -0.353 e. The zero-order chi connectivity index (χ0) is 27.8. The Bertz CT molecular complexity index is 1360. The fourth-order valence-electron chi connectivity index (χ4n) is 4.27. The highest BCUT2D eigenvalue weighted by molar-refractivity contribution is 7.99. The number of pyridine rings is 1. The third-order valence-electron chi connectivity index (χ3n) is 6.21. The number of aromatic nitrogens is 3. The van der Waals surface area contributed by atoms with Crippen molar-refractivity contribution in [1.82, 2.24) is 24.8 Å². The Labute approximate surface area is 235 Å². The minimum atomic E-state index is -0.448. The Morgan fingerprint density at radius 2 is 2.08 bits per heavy atom. The standard InChI is InChI=1S/C27H27ClFN7O2S/c1-19-16-34(11-12-36(19)26(38)21-6-2-7-22(29)13-21)24-14-23(28)32-27(33-24)39-18-25(37)35(10-4-8-30)17-20-5-3-9-31-15-20/h2-3,5-7,9,13-15,19H,4,10-12,16-18H2,1H3. The summed E-state index contributed by atoms with van der Waals surface area (Å²) in [4.78, 5) is 44.3. The Morgan fingerprint density at radius 1 is 1.23 bits per heavy atom. The molecule has 1 aromatic carbocycles. The van der Waals surface area contributed by atoms with Crippen molar-refractivity contribution in [3.05, 3.63) is 77.0 Å². The number of hydrogen-bond acceptors (Lipinski definition) is 8. The molecule has 0 spiro atoms. The van der Waals surface area contributed by atoms with Crippen LogP contribution in [0.5, 0.6) is 0 Å². The van der Waals surface area contributed by atoms with Crippen molar-refractivity contribution in [3.8, 4) is 6.07 Å². The van der Waals surface area contributed by atoms with E-state index in [9.17, 15) is 14.0 Å². The summed E-state index contributed by atoms with van der Waals surface area (Å²) < 4.78 is 13.6. The SMILES string of the molecule is CC1CN(c2cc(Cl)nc(SCC(=O)N(CCC#N)Cc3cccnc3)n2)CCN1C(=O)c1cccc(F)c1. The number of nitrogens with zero attached hydrogens (tertiary/aromatic N) is 7.